The predicted molar refractivity (Wildman–Crippen MR) is 80.8 cm³/mol. The molecule has 0 unspecified atom stereocenters. The Balaban J connectivity index is 2.57. The van der Waals surface area contributed by atoms with Gasteiger partial charge < -0.3 is 14.8 Å². The molecule has 0 radical (unpaired) electrons. The third-order valence-corrected chi connectivity index (χ3v) is 3.76. The van der Waals surface area contributed by atoms with Crippen molar-refractivity contribution in [2.24, 2.45) is 5.41 Å². The molecule has 112 valence electrons. The number of rotatable bonds is 7. The van der Waals surface area contributed by atoms with Gasteiger partial charge in [-0.2, -0.15) is 0 Å². The van der Waals surface area contributed by atoms with Crippen LogP contribution in [0.25, 0.3) is 0 Å². The maximum Gasteiger partial charge on any atom is 0.226 e. The van der Waals surface area contributed by atoms with Crippen molar-refractivity contribution < 1.29 is 14.3 Å². The Kier molecular flexibility index (Phi) is 6.14. The highest BCUT2D eigenvalue weighted by atomic mass is 35.5. The number of ether oxygens (including phenoxy) is 2. The van der Waals surface area contributed by atoms with Crippen LogP contribution in [0.5, 0.6) is 11.5 Å². The Labute approximate surface area is 125 Å². The number of hydrogen-bond donors (Lipinski definition) is 1. The lowest BCUT2D eigenvalue weighted by molar-refractivity contribution is -0.128. The molecule has 0 heterocycles. The van der Waals surface area contributed by atoms with Gasteiger partial charge in [0.1, 0.15) is 0 Å². The van der Waals surface area contributed by atoms with Crippen LogP contribution in [0.1, 0.15) is 19.4 Å². The van der Waals surface area contributed by atoms with Gasteiger partial charge in [0.05, 0.1) is 19.6 Å². The molecule has 1 N–H and O–H groups in total. The number of amides is 1. The summed E-state index contributed by atoms with van der Waals surface area (Å²) in [7, 11) is 3.21. The highest BCUT2D eigenvalue weighted by Crippen LogP contribution is 2.27. The van der Waals surface area contributed by atoms with E-state index < -0.39 is 5.41 Å². The lowest BCUT2D eigenvalue weighted by Gasteiger charge is -2.20. The first-order chi connectivity index (χ1) is 9.44. The Bertz CT molecular complexity index is 460. The van der Waals surface area contributed by atoms with Crippen LogP contribution in [-0.2, 0) is 11.2 Å². The number of benzene rings is 1. The van der Waals surface area contributed by atoms with E-state index in [1.807, 2.05) is 32.0 Å². The zero-order valence-electron chi connectivity index (χ0n) is 12.5. The van der Waals surface area contributed by atoms with E-state index in [4.69, 9.17) is 21.1 Å². The van der Waals surface area contributed by atoms with E-state index in [1.165, 1.54) is 0 Å². The van der Waals surface area contributed by atoms with E-state index in [0.717, 1.165) is 12.0 Å². The minimum atomic E-state index is -0.543. The van der Waals surface area contributed by atoms with Gasteiger partial charge in [0.15, 0.2) is 11.5 Å². The number of carbonyl (C=O) groups excluding carboxylic acids is 1. The van der Waals surface area contributed by atoms with E-state index in [9.17, 15) is 4.79 Å². The molecule has 0 aromatic heterocycles. The molecular formula is C15H22ClNO3. The maximum absolute atomic E-state index is 11.9. The number of methoxy groups -OCH3 is 2. The van der Waals surface area contributed by atoms with E-state index in [1.54, 1.807) is 14.2 Å². The largest absolute Gasteiger partial charge is 0.493 e. The summed E-state index contributed by atoms with van der Waals surface area (Å²) in [6, 6.07) is 5.73. The van der Waals surface area contributed by atoms with E-state index in [2.05, 4.69) is 5.32 Å². The van der Waals surface area contributed by atoms with Crippen molar-refractivity contribution >= 4 is 17.5 Å². The summed E-state index contributed by atoms with van der Waals surface area (Å²) in [5, 5.41) is 2.89. The number of nitrogens with one attached hydrogen (secondary N) is 1. The van der Waals surface area contributed by atoms with Crippen molar-refractivity contribution in [1.82, 2.24) is 5.32 Å². The zero-order chi connectivity index (χ0) is 15.2. The summed E-state index contributed by atoms with van der Waals surface area (Å²) in [6.07, 6.45) is 0.727. The fourth-order valence-corrected chi connectivity index (χ4v) is 1.78. The van der Waals surface area contributed by atoms with Gasteiger partial charge in [0, 0.05) is 12.4 Å². The highest BCUT2D eigenvalue weighted by Gasteiger charge is 2.25. The second kappa shape index (κ2) is 7.39. The second-order valence-corrected chi connectivity index (χ2v) is 5.48. The van der Waals surface area contributed by atoms with Crippen LogP contribution < -0.4 is 14.8 Å². The molecule has 1 aromatic rings. The third-order valence-electron chi connectivity index (χ3n) is 3.10. The van der Waals surface area contributed by atoms with Crippen molar-refractivity contribution in [3.63, 3.8) is 0 Å². The standard InChI is InChI=1S/C15H22ClNO3/c1-15(2,10-16)14(18)17-8-7-11-5-6-12(19-3)13(9-11)20-4/h5-6,9H,7-8,10H2,1-4H3,(H,17,18). The van der Waals surface area contributed by atoms with Gasteiger partial charge in [-0.05, 0) is 38.0 Å². The summed E-state index contributed by atoms with van der Waals surface area (Å²) < 4.78 is 10.4. The van der Waals surface area contributed by atoms with Gasteiger partial charge in [0.2, 0.25) is 5.91 Å². The SMILES string of the molecule is COc1ccc(CCNC(=O)C(C)(C)CCl)cc1OC. The molecule has 0 saturated heterocycles. The van der Waals surface area contributed by atoms with Crippen LogP contribution in [0.4, 0.5) is 0 Å². The summed E-state index contributed by atoms with van der Waals surface area (Å²) in [4.78, 5) is 11.9. The summed E-state index contributed by atoms with van der Waals surface area (Å²) in [6.45, 7) is 4.21. The summed E-state index contributed by atoms with van der Waals surface area (Å²) >= 11 is 5.77. The molecule has 0 saturated carbocycles. The molecule has 1 aromatic carbocycles. The average Bonchev–Trinajstić information content (AvgIpc) is 2.46. The fraction of sp³-hybridized carbons (Fsp3) is 0.533. The van der Waals surface area contributed by atoms with Crippen molar-refractivity contribution in [3.8, 4) is 11.5 Å². The molecule has 0 aliphatic carbocycles. The summed E-state index contributed by atoms with van der Waals surface area (Å²) in [5.41, 5.74) is 0.533. The van der Waals surface area contributed by atoms with Crippen molar-refractivity contribution in [2.45, 2.75) is 20.3 Å². The van der Waals surface area contributed by atoms with E-state index >= 15 is 0 Å². The first kappa shape index (κ1) is 16.6. The lowest BCUT2D eigenvalue weighted by atomic mass is 9.95. The second-order valence-electron chi connectivity index (χ2n) is 5.21. The van der Waals surface area contributed by atoms with Gasteiger partial charge in [-0.25, -0.2) is 0 Å². The first-order valence-electron chi connectivity index (χ1n) is 6.49. The van der Waals surface area contributed by atoms with Gasteiger partial charge >= 0.3 is 0 Å². The fourth-order valence-electron chi connectivity index (χ4n) is 1.66. The molecule has 1 rings (SSSR count). The molecule has 0 fully saturated rings. The summed E-state index contributed by atoms with van der Waals surface area (Å²) in [5.74, 6) is 1.66. The normalized spacial score (nSPS) is 11.1. The monoisotopic (exact) mass is 299 g/mol. The van der Waals surface area contributed by atoms with Crippen LogP contribution in [0.15, 0.2) is 18.2 Å². The minimum absolute atomic E-state index is 0.0343. The Morgan fingerprint density at radius 2 is 1.90 bits per heavy atom. The molecular weight excluding hydrogens is 278 g/mol. The molecule has 1 amide bonds. The Morgan fingerprint density at radius 3 is 2.45 bits per heavy atom. The topological polar surface area (TPSA) is 47.6 Å². The molecule has 0 bridgehead atoms. The van der Waals surface area contributed by atoms with Gasteiger partial charge in [-0.3, -0.25) is 4.79 Å². The van der Waals surface area contributed by atoms with Crippen molar-refractivity contribution in [3.05, 3.63) is 23.8 Å². The molecule has 20 heavy (non-hydrogen) atoms. The van der Waals surface area contributed by atoms with Gasteiger partial charge in [0.25, 0.3) is 0 Å². The highest BCUT2D eigenvalue weighted by molar-refractivity contribution is 6.19. The maximum atomic E-state index is 11.9. The van der Waals surface area contributed by atoms with Crippen LogP contribution in [0.2, 0.25) is 0 Å². The van der Waals surface area contributed by atoms with Gasteiger partial charge in [-0.15, -0.1) is 11.6 Å². The van der Waals surface area contributed by atoms with Crippen LogP contribution in [-0.4, -0.2) is 32.6 Å². The number of hydrogen-bond acceptors (Lipinski definition) is 3. The zero-order valence-corrected chi connectivity index (χ0v) is 13.2. The Hall–Kier alpha value is -1.42. The quantitative estimate of drug-likeness (QED) is 0.787. The average molecular weight is 300 g/mol. The molecule has 5 heteroatoms. The van der Waals surface area contributed by atoms with E-state index in [0.29, 0.717) is 23.9 Å². The van der Waals surface area contributed by atoms with Crippen LogP contribution in [0.3, 0.4) is 0 Å². The van der Waals surface area contributed by atoms with Crippen molar-refractivity contribution in [1.29, 1.82) is 0 Å². The molecule has 0 spiro atoms. The number of carbonyl (C=O) groups is 1. The first-order valence-corrected chi connectivity index (χ1v) is 7.03. The van der Waals surface area contributed by atoms with Gasteiger partial charge in [-0.1, -0.05) is 6.07 Å². The third kappa shape index (κ3) is 4.30. The minimum Gasteiger partial charge on any atom is -0.493 e. The van der Waals surface area contributed by atoms with Crippen LogP contribution in [0, 0.1) is 5.41 Å². The van der Waals surface area contributed by atoms with E-state index in [-0.39, 0.29) is 5.91 Å². The lowest BCUT2D eigenvalue weighted by Crippen LogP contribution is -2.39. The predicted octanol–water partition coefficient (Wildman–Crippen LogP) is 2.63. The molecule has 0 aliphatic heterocycles. The van der Waals surface area contributed by atoms with Crippen LogP contribution >= 0.6 is 11.6 Å². The molecule has 0 atom stereocenters. The Morgan fingerprint density at radius 1 is 1.25 bits per heavy atom. The number of alkyl halides is 1. The molecule has 0 aliphatic rings. The smallest absolute Gasteiger partial charge is 0.226 e. The molecule has 4 nitrogen and oxygen atoms in total. The van der Waals surface area contributed by atoms with Crippen molar-refractivity contribution in [2.75, 3.05) is 26.6 Å². The number of halogens is 1.